The van der Waals surface area contributed by atoms with Crippen LogP contribution in [0.15, 0.2) is 41.3 Å². The molecular formula is C14H11F4NS. The van der Waals surface area contributed by atoms with Gasteiger partial charge >= 0.3 is 0 Å². The summed E-state index contributed by atoms with van der Waals surface area (Å²) >= 11 is 1.46. The molecule has 1 N–H and O–H groups in total. The Kier molecular flexibility index (Phi) is 4.89. The second-order valence-electron chi connectivity index (χ2n) is 3.93. The average Bonchev–Trinajstić information content (AvgIpc) is 2.45. The second-order valence-corrected chi connectivity index (χ2v) is 5.10. The second kappa shape index (κ2) is 6.65. The van der Waals surface area contributed by atoms with Gasteiger partial charge in [-0.15, -0.1) is 11.8 Å². The van der Waals surface area contributed by atoms with Crippen LogP contribution in [0.3, 0.4) is 0 Å². The van der Waals surface area contributed by atoms with Crippen LogP contribution in [0.2, 0.25) is 0 Å². The van der Waals surface area contributed by atoms with Crippen molar-refractivity contribution in [2.75, 3.05) is 17.6 Å². The first-order chi connectivity index (χ1) is 9.59. The lowest BCUT2D eigenvalue weighted by Crippen LogP contribution is -2.10. The van der Waals surface area contributed by atoms with Gasteiger partial charge in [0.1, 0.15) is 5.69 Å². The van der Waals surface area contributed by atoms with E-state index in [0.717, 1.165) is 4.90 Å². The van der Waals surface area contributed by atoms with Gasteiger partial charge in [0, 0.05) is 23.3 Å². The quantitative estimate of drug-likeness (QED) is 0.379. The van der Waals surface area contributed by atoms with Crippen LogP contribution in [-0.2, 0) is 0 Å². The van der Waals surface area contributed by atoms with Crippen LogP contribution in [0.1, 0.15) is 0 Å². The van der Waals surface area contributed by atoms with Crippen molar-refractivity contribution < 1.29 is 17.6 Å². The minimum Gasteiger partial charge on any atom is -0.379 e. The summed E-state index contributed by atoms with van der Waals surface area (Å²) < 4.78 is 52.6. The van der Waals surface area contributed by atoms with E-state index in [1.54, 1.807) is 0 Å². The Balaban J connectivity index is 1.95. The topological polar surface area (TPSA) is 12.0 Å². The van der Waals surface area contributed by atoms with Gasteiger partial charge in [0.15, 0.2) is 23.3 Å². The third-order valence-corrected chi connectivity index (χ3v) is 3.54. The lowest BCUT2D eigenvalue weighted by molar-refractivity contribution is 0.458. The zero-order chi connectivity index (χ0) is 14.5. The monoisotopic (exact) mass is 301 g/mol. The zero-order valence-electron chi connectivity index (χ0n) is 10.3. The number of hydrogen-bond donors (Lipinski definition) is 1. The zero-order valence-corrected chi connectivity index (χ0v) is 11.1. The molecule has 0 spiro atoms. The highest BCUT2D eigenvalue weighted by atomic mass is 32.2. The normalized spacial score (nSPS) is 10.6. The Morgan fingerprint density at radius 2 is 1.50 bits per heavy atom. The molecule has 0 saturated heterocycles. The molecule has 20 heavy (non-hydrogen) atoms. The van der Waals surface area contributed by atoms with Gasteiger partial charge in [-0.3, -0.25) is 0 Å². The van der Waals surface area contributed by atoms with Gasteiger partial charge in [0.05, 0.1) is 0 Å². The molecule has 0 atom stereocenters. The molecule has 2 aromatic rings. The molecule has 0 aromatic heterocycles. The van der Waals surface area contributed by atoms with Gasteiger partial charge in [-0.25, -0.2) is 17.6 Å². The minimum absolute atomic E-state index is 0.177. The Hall–Kier alpha value is -1.69. The standard InChI is InChI=1S/C14H11F4NS/c15-10-8-11(16)13(18)14(12(10)17)19-6-7-20-9-4-2-1-3-5-9/h1-5,8,19H,6-7H2. The molecule has 0 aliphatic heterocycles. The van der Waals surface area contributed by atoms with Crippen molar-refractivity contribution in [2.45, 2.75) is 4.90 Å². The average molecular weight is 301 g/mol. The van der Waals surface area contributed by atoms with Crippen LogP contribution < -0.4 is 5.32 Å². The maximum atomic E-state index is 13.3. The van der Waals surface area contributed by atoms with Crippen LogP contribution in [0.4, 0.5) is 23.2 Å². The van der Waals surface area contributed by atoms with Crippen LogP contribution in [0.25, 0.3) is 0 Å². The van der Waals surface area contributed by atoms with E-state index in [1.807, 2.05) is 30.3 Å². The molecule has 0 heterocycles. The molecule has 0 saturated carbocycles. The molecule has 0 fully saturated rings. The largest absolute Gasteiger partial charge is 0.379 e. The number of anilines is 1. The number of rotatable bonds is 5. The first-order valence-corrected chi connectivity index (χ1v) is 6.83. The predicted molar refractivity (Wildman–Crippen MR) is 71.9 cm³/mol. The van der Waals surface area contributed by atoms with Gasteiger partial charge in [-0.1, -0.05) is 18.2 Å². The number of halogens is 4. The molecule has 0 aliphatic carbocycles. The molecule has 0 amide bonds. The molecule has 2 aromatic carbocycles. The van der Waals surface area contributed by atoms with E-state index < -0.39 is 29.0 Å². The van der Waals surface area contributed by atoms with Gasteiger partial charge in [0.2, 0.25) is 0 Å². The van der Waals surface area contributed by atoms with Crippen molar-refractivity contribution in [3.05, 3.63) is 59.7 Å². The van der Waals surface area contributed by atoms with Gasteiger partial charge in [0.25, 0.3) is 0 Å². The fourth-order valence-electron chi connectivity index (χ4n) is 1.59. The summed E-state index contributed by atoms with van der Waals surface area (Å²) in [5.41, 5.74) is -0.767. The summed E-state index contributed by atoms with van der Waals surface area (Å²) in [6.07, 6.45) is 0. The fraction of sp³-hybridized carbons (Fsp3) is 0.143. The number of nitrogens with one attached hydrogen (secondary N) is 1. The summed E-state index contributed by atoms with van der Waals surface area (Å²) in [5, 5.41) is 2.38. The Morgan fingerprint density at radius 3 is 2.10 bits per heavy atom. The summed E-state index contributed by atoms with van der Waals surface area (Å²) in [6.45, 7) is 0.177. The van der Waals surface area contributed by atoms with Crippen molar-refractivity contribution in [3.63, 3.8) is 0 Å². The Morgan fingerprint density at radius 1 is 0.900 bits per heavy atom. The Labute approximate surface area is 118 Å². The molecule has 6 heteroatoms. The predicted octanol–water partition coefficient (Wildman–Crippen LogP) is 4.45. The van der Waals surface area contributed by atoms with Crippen LogP contribution in [0.5, 0.6) is 0 Å². The smallest absolute Gasteiger partial charge is 0.185 e. The third kappa shape index (κ3) is 3.45. The van der Waals surface area contributed by atoms with E-state index in [1.165, 1.54) is 11.8 Å². The van der Waals surface area contributed by atoms with Crippen molar-refractivity contribution in [1.82, 2.24) is 0 Å². The van der Waals surface area contributed by atoms with Gasteiger partial charge in [-0.05, 0) is 12.1 Å². The van der Waals surface area contributed by atoms with Crippen LogP contribution >= 0.6 is 11.8 Å². The van der Waals surface area contributed by atoms with Crippen molar-refractivity contribution >= 4 is 17.4 Å². The van der Waals surface area contributed by atoms with Crippen molar-refractivity contribution in [1.29, 1.82) is 0 Å². The molecule has 1 nitrogen and oxygen atoms in total. The van der Waals surface area contributed by atoms with E-state index in [9.17, 15) is 17.6 Å². The van der Waals surface area contributed by atoms with E-state index in [2.05, 4.69) is 5.32 Å². The highest BCUT2D eigenvalue weighted by Crippen LogP contribution is 2.24. The third-order valence-electron chi connectivity index (χ3n) is 2.53. The Bertz CT molecular complexity index is 563. The molecule has 0 radical (unpaired) electrons. The number of thioether (sulfide) groups is 1. The maximum Gasteiger partial charge on any atom is 0.185 e. The number of hydrogen-bond acceptors (Lipinski definition) is 2. The fourth-order valence-corrected chi connectivity index (χ4v) is 2.38. The summed E-state index contributed by atoms with van der Waals surface area (Å²) in [4.78, 5) is 1.00. The lowest BCUT2D eigenvalue weighted by atomic mass is 10.2. The molecule has 2 rings (SSSR count). The summed E-state index contributed by atoms with van der Waals surface area (Å²) in [5.74, 6) is -5.15. The van der Waals surface area contributed by atoms with Gasteiger partial charge < -0.3 is 5.32 Å². The van der Waals surface area contributed by atoms with E-state index in [-0.39, 0.29) is 12.6 Å². The van der Waals surface area contributed by atoms with Crippen LogP contribution in [0, 0.1) is 23.3 Å². The highest BCUT2D eigenvalue weighted by molar-refractivity contribution is 7.99. The summed E-state index contributed by atoms with van der Waals surface area (Å²) in [7, 11) is 0. The van der Waals surface area contributed by atoms with E-state index >= 15 is 0 Å². The highest BCUT2D eigenvalue weighted by Gasteiger charge is 2.18. The van der Waals surface area contributed by atoms with E-state index in [0.29, 0.717) is 5.75 Å². The summed E-state index contributed by atoms with van der Waals surface area (Å²) in [6, 6.07) is 9.60. The molecule has 0 bridgehead atoms. The van der Waals surface area contributed by atoms with Gasteiger partial charge in [-0.2, -0.15) is 0 Å². The lowest BCUT2D eigenvalue weighted by Gasteiger charge is -2.09. The molecular weight excluding hydrogens is 290 g/mol. The van der Waals surface area contributed by atoms with Crippen molar-refractivity contribution in [3.8, 4) is 0 Å². The molecule has 106 valence electrons. The van der Waals surface area contributed by atoms with Crippen LogP contribution in [-0.4, -0.2) is 12.3 Å². The first kappa shape index (κ1) is 14.7. The number of benzene rings is 2. The molecule has 0 aliphatic rings. The first-order valence-electron chi connectivity index (χ1n) is 5.84. The minimum atomic E-state index is -1.41. The maximum absolute atomic E-state index is 13.3. The molecule has 0 unspecified atom stereocenters. The van der Waals surface area contributed by atoms with Crippen molar-refractivity contribution in [2.24, 2.45) is 0 Å². The SMILES string of the molecule is Fc1cc(F)c(F)c(NCCSc2ccccc2)c1F. The van der Waals surface area contributed by atoms with E-state index in [4.69, 9.17) is 0 Å².